The van der Waals surface area contributed by atoms with Crippen LogP contribution in [0.4, 0.5) is 0 Å². The molecular weight excluding hydrogens is 462 g/mol. The third-order valence-electron chi connectivity index (χ3n) is 5.92. The molecule has 5 unspecified atom stereocenters. The molecule has 3 fully saturated rings. The van der Waals surface area contributed by atoms with Crippen molar-refractivity contribution >= 4 is 28.6 Å². The molecule has 152 valence electrons. The van der Waals surface area contributed by atoms with E-state index >= 15 is 0 Å². The van der Waals surface area contributed by atoms with Crippen molar-refractivity contribution in [3.8, 4) is 0 Å². The molecule has 2 aromatic heterocycles. The van der Waals surface area contributed by atoms with Gasteiger partial charge < -0.3 is 36.0 Å². The molecule has 8 heteroatoms. The van der Waals surface area contributed by atoms with Crippen LogP contribution >= 0.6 is 22.7 Å². The van der Waals surface area contributed by atoms with E-state index in [9.17, 15) is 9.90 Å². The molecule has 5 heterocycles. The van der Waals surface area contributed by atoms with Crippen LogP contribution in [0.15, 0.2) is 29.5 Å². The summed E-state index contributed by atoms with van der Waals surface area (Å²) in [7, 11) is 1.67. The fraction of sp³-hybridized carbons (Fsp3) is 0.550. The normalized spacial score (nSPS) is 42.0. The predicted octanol–water partition coefficient (Wildman–Crippen LogP) is -0.342. The average Bonchev–Trinajstić information content (AvgIpc) is 3.43. The van der Waals surface area contributed by atoms with E-state index in [1.165, 1.54) is 0 Å². The molecule has 5 rings (SSSR count). The number of hydrogen-bond acceptors (Lipinski definition) is 6. The highest BCUT2D eigenvalue weighted by Crippen LogP contribution is 2.52. The molecule has 5 nitrogen and oxygen atoms in total. The van der Waals surface area contributed by atoms with Crippen LogP contribution in [0.5, 0.6) is 0 Å². The Morgan fingerprint density at radius 1 is 1.36 bits per heavy atom. The van der Waals surface area contributed by atoms with Crippen LogP contribution in [-0.2, 0) is 19.9 Å². The Balaban J connectivity index is 0.00000304. The summed E-state index contributed by atoms with van der Waals surface area (Å²) < 4.78 is 75.9. The van der Waals surface area contributed by atoms with Gasteiger partial charge in [-0.3, -0.25) is 0 Å². The number of aryl methyl sites for hydroxylation is 1. The number of halogens is 1. The Labute approximate surface area is 194 Å². The standard InChI is InChI=1S/C20H24NO4S2.BrH/c1-11-6-7-16(27-11)20(23,15-5-4-8-26-15)19(22)24-12-9-13-17-18(25-17)14(10-12)21(13,2)3;/h4-8,12-14,17-18,23H,9-10H2,1-3H3;1H/q+1;/p-1/i2D3,4D,5D,6D,7D,8D;. The van der Waals surface area contributed by atoms with Crippen LogP contribution in [0.25, 0.3) is 0 Å². The number of quaternary nitrogens is 1. The number of nitrogens with zero attached hydrogens (tertiary/aromatic N) is 1. The molecule has 2 aromatic rings. The van der Waals surface area contributed by atoms with Crippen molar-refractivity contribution in [1.29, 1.82) is 0 Å². The summed E-state index contributed by atoms with van der Waals surface area (Å²) in [4.78, 5) is 13.5. The van der Waals surface area contributed by atoms with Gasteiger partial charge in [0.15, 0.2) is 0 Å². The fourth-order valence-corrected chi connectivity index (χ4v) is 5.98. The maximum atomic E-state index is 13.6. The first-order chi connectivity index (χ1) is 16.1. The van der Waals surface area contributed by atoms with Crippen molar-refractivity contribution < 1.29 is 51.8 Å². The summed E-state index contributed by atoms with van der Waals surface area (Å²) in [6.45, 7) is -0.700. The van der Waals surface area contributed by atoms with Crippen LogP contribution in [0.1, 0.15) is 38.4 Å². The monoisotopic (exact) mass is 493 g/mol. The third kappa shape index (κ3) is 2.92. The van der Waals surface area contributed by atoms with Crippen molar-refractivity contribution in [3.63, 3.8) is 0 Å². The lowest BCUT2D eigenvalue weighted by molar-refractivity contribution is -0.938. The van der Waals surface area contributed by atoms with E-state index in [1.807, 2.05) is 0 Å². The molecule has 3 saturated heterocycles. The minimum atomic E-state index is -2.64. The largest absolute Gasteiger partial charge is 1.00 e. The SMILES string of the molecule is [2H]c1sc(C(O)(C(=O)OC2CC3C4OC4C(C2)[N+]3(C)C([2H])([2H])[2H])c2sc(C)c([2H])c2[2H])c([2H])c1[2H].[Br-]. The van der Waals surface area contributed by atoms with Crippen LogP contribution in [0.2, 0.25) is 0 Å². The molecule has 0 radical (unpaired) electrons. The first-order valence-electron chi connectivity index (χ1n) is 12.7. The molecule has 3 aliphatic heterocycles. The number of ether oxygens (including phenoxy) is 2. The summed E-state index contributed by atoms with van der Waals surface area (Å²) in [5.41, 5.74) is -2.64. The number of esters is 1. The first kappa shape index (κ1) is 12.8. The Morgan fingerprint density at radius 3 is 2.61 bits per heavy atom. The van der Waals surface area contributed by atoms with Gasteiger partial charge in [-0.1, -0.05) is 6.04 Å². The molecule has 0 saturated carbocycles. The van der Waals surface area contributed by atoms with Gasteiger partial charge in [0.05, 0.1) is 34.7 Å². The van der Waals surface area contributed by atoms with Crippen molar-refractivity contribution in [3.05, 3.63) is 44.2 Å². The fourth-order valence-electron chi connectivity index (χ4n) is 4.44. The quantitative estimate of drug-likeness (QED) is 0.359. The van der Waals surface area contributed by atoms with E-state index in [0.29, 0.717) is 16.2 Å². The van der Waals surface area contributed by atoms with Gasteiger partial charge >= 0.3 is 5.97 Å². The van der Waals surface area contributed by atoms with E-state index in [0.717, 1.165) is 11.3 Å². The number of aliphatic hydroxyl groups is 1. The Kier molecular flexibility index (Phi) is 3.15. The van der Waals surface area contributed by atoms with Gasteiger partial charge in [-0.15, -0.1) is 22.7 Å². The van der Waals surface area contributed by atoms with Crippen molar-refractivity contribution in [2.45, 2.75) is 55.8 Å². The van der Waals surface area contributed by atoms with Gasteiger partial charge in [-0.05, 0) is 30.4 Å². The summed E-state index contributed by atoms with van der Waals surface area (Å²) >= 11 is 1.44. The zero-order valence-electron chi connectivity index (χ0n) is 23.1. The average molecular weight is 495 g/mol. The minimum Gasteiger partial charge on any atom is -1.00 e. The van der Waals surface area contributed by atoms with Gasteiger partial charge in [0, 0.05) is 17.7 Å². The number of likely N-dealkylation sites (N-methyl/N-ethyl adjacent to an activating group) is 1. The second kappa shape index (κ2) is 6.89. The lowest BCUT2D eigenvalue weighted by Gasteiger charge is -2.45. The third-order valence-corrected chi connectivity index (χ3v) is 7.74. The molecule has 0 aromatic carbocycles. The maximum absolute atomic E-state index is 13.6. The number of hydrogen-bond donors (Lipinski definition) is 1. The number of fused-ring (bicyclic) bond motifs is 5. The Hall–Kier alpha value is -0.770. The zero-order chi connectivity index (χ0) is 25.8. The van der Waals surface area contributed by atoms with Crippen LogP contribution < -0.4 is 17.0 Å². The topological polar surface area (TPSA) is 59.1 Å². The number of carbonyl (C=O) groups is 1. The highest BCUT2D eigenvalue weighted by Gasteiger charge is 2.71. The molecule has 5 atom stereocenters. The second-order valence-electron chi connectivity index (χ2n) is 7.58. The zero-order valence-corrected chi connectivity index (χ0v) is 18.3. The molecular formula is C20H24BrNO4S2. The summed E-state index contributed by atoms with van der Waals surface area (Å²) in [5, 5.41) is 11.4. The van der Waals surface area contributed by atoms with Gasteiger partial charge in [-0.2, -0.15) is 0 Å². The summed E-state index contributed by atoms with van der Waals surface area (Å²) in [5.74, 6) is -1.16. The van der Waals surface area contributed by atoms with Crippen molar-refractivity contribution in [2.75, 3.05) is 14.0 Å². The highest BCUT2D eigenvalue weighted by atomic mass is 79.9. The van der Waals surface area contributed by atoms with Gasteiger partial charge in [0.2, 0.25) is 5.60 Å². The number of piperidine rings is 1. The lowest BCUT2D eigenvalue weighted by atomic mass is 9.95. The van der Waals surface area contributed by atoms with Gasteiger partial charge in [0.25, 0.3) is 0 Å². The number of morpholine rings is 1. The van der Waals surface area contributed by atoms with E-state index in [-0.39, 0.29) is 73.7 Å². The molecule has 0 aliphatic carbocycles. The molecule has 2 bridgehead atoms. The van der Waals surface area contributed by atoms with Gasteiger partial charge in [-0.25, -0.2) is 4.79 Å². The molecule has 3 aliphatic rings. The van der Waals surface area contributed by atoms with Crippen molar-refractivity contribution in [1.82, 2.24) is 0 Å². The van der Waals surface area contributed by atoms with Crippen LogP contribution in [0, 0.1) is 6.92 Å². The summed E-state index contributed by atoms with van der Waals surface area (Å²) in [6, 6.07) is -2.36. The second-order valence-corrected chi connectivity index (χ2v) is 9.62. The molecule has 1 N–H and O–H groups in total. The van der Waals surface area contributed by atoms with Crippen molar-refractivity contribution in [2.24, 2.45) is 0 Å². The maximum Gasteiger partial charge on any atom is 0.349 e. The van der Waals surface area contributed by atoms with E-state index < -0.39 is 48.8 Å². The van der Waals surface area contributed by atoms with E-state index in [4.69, 9.17) is 20.4 Å². The molecule has 0 spiro atoms. The smallest absolute Gasteiger partial charge is 0.349 e. The van der Waals surface area contributed by atoms with E-state index in [1.54, 1.807) is 14.0 Å². The summed E-state index contributed by atoms with van der Waals surface area (Å²) in [6.07, 6.45) is -0.762. The minimum absolute atomic E-state index is 0. The van der Waals surface area contributed by atoms with Crippen LogP contribution in [-0.4, -0.2) is 60.0 Å². The Morgan fingerprint density at radius 2 is 2.07 bits per heavy atom. The van der Waals surface area contributed by atoms with E-state index in [2.05, 4.69) is 0 Å². The molecule has 0 amide bonds. The number of thiophene rings is 2. The predicted molar refractivity (Wildman–Crippen MR) is 104 cm³/mol. The first-order valence-corrected chi connectivity index (χ1v) is 10.4. The number of carbonyl (C=O) groups excluding carboxylic acids is 1. The number of rotatable bonds is 4. The van der Waals surface area contributed by atoms with Gasteiger partial charge in [0.1, 0.15) is 30.4 Å². The highest BCUT2D eigenvalue weighted by molar-refractivity contribution is 7.13. The number of epoxide rings is 1. The lowest BCUT2D eigenvalue weighted by Crippen LogP contribution is -3.00. The van der Waals surface area contributed by atoms with Crippen LogP contribution in [0.3, 0.4) is 0 Å². The Bertz CT molecular complexity index is 1160. The molecule has 28 heavy (non-hydrogen) atoms.